The molecule has 0 saturated carbocycles. The molecule has 0 spiro atoms. The number of benzene rings is 1. The molecule has 0 aliphatic carbocycles. The molecule has 1 aromatic carbocycles. The quantitative estimate of drug-likeness (QED) is 0.620. The summed E-state index contributed by atoms with van der Waals surface area (Å²) in [6.45, 7) is 1.92. The Balaban J connectivity index is 2.77. The molecule has 6 nitrogen and oxygen atoms in total. The molecule has 0 radical (unpaired) electrons. The molecule has 0 aliphatic heterocycles. The van der Waals surface area contributed by atoms with Crippen LogP contribution in [-0.2, 0) is 0 Å². The largest absolute Gasteiger partial charge is 0.494 e. The summed E-state index contributed by atoms with van der Waals surface area (Å²) in [7, 11) is 1.58. The molecule has 18 heavy (non-hydrogen) atoms. The van der Waals surface area contributed by atoms with E-state index in [0.717, 1.165) is 16.6 Å². The third-order valence-electron chi connectivity index (χ3n) is 2.67. The van der Waals surface area contributed by atoms with E-state index >= 15 is 0 Å². The summed E-state index contributed by atoms with van der Waals surface area (Å²) in [6, 6.07) is 3.74. The van der Waals surface area contributed by atoms with E-state index in [9.17, 15) is 0 Å². The molecule has 1 heterocycles. The van der Waals surface area contributed by atoms with Crippen LogP contribution in [0, 0.1) is 6.92 Å². The number of aromatic nitrogens is 2. The van der Waals surface area contributed by atoms with Crippen LogP contribution >= 0.6 is 0 Å². The summed E-state index contributed by atoms with van der Waals surface area (Å²) in [5.41, 5.74) is 7.62. The maximum atomic E-state index is 5.92. The fraction of sp³-hybridized carbons (Fsp3) is 0.167. The lowest BCUT2D eigenvalue weighted by Crippen LogP contribution is -2.25. The van der Waals surface area contributed by atoms with Crippen LogP contribution < -0.4 is 21.3 Å². The molecule has 2 rings (SSSR count). The highest BCUT2D eigenvalue weighted by atomic mass is 16.5. The predicted molar refractivity (Wildman–Crippen MR) is 70.8 cm³/mol. The van der Waals surface area contributed by atoms with Gasteiger partial charge in [-0.25, -0.2) is 15.8 Å². The Morgan fingerprint density at radius 2 is 2.11 bits per heavy atom. The summed E-state index contributed by atoms with van der Waals surface area (Å²) in [6.07, 6.45) is 4.39. The van der Waals surface area contributed by atoms with Gasteiger partial charge in [0.2, 0.25) is 0 Å². The van der Waals surface area contributed by atoms with Crippen molar-refractivity contribution in [1.82, 2.24) is 9.97 Å². The van der Waals surface area contributed by atoms with Gasteiger partial charge in [0.25, 0.3) is 0 Å². The van der Waals surface area contributed by atoms with Gasteiger partial charge in [0.05, 0.1) is 7.11 Å². The van der Waals surface area contributed by atoms with E-state index < -0.39 is 0 Å². The highest BCUT2D eigenvalue weighted by Crippen LogP contribution is 2.34. The van der Waals surface area contributed by atoms with Gasteiger partial charge < -0.3 is 10.5 Å². The molecular formula is C12H15N5O. The Morgan fingerprint density at radius 1 is 1.33 bits per heavy atom. The van der Waals surface area contributed by atoms with E-state index in [2.05, 4.69) is 9.97 Å². The number of ether oxygens (including phenoxy) is 1. The van der Waals surface area contributed by atoms with E-state index in [4.69, 9.17) is 16.3 Å². The fourth-order valence-corrected chi connectivity index (χ4v) is 1.81. The van der Waals surface area contributed by atoms with Crippen molar-refractivity contribution in [2.75, 3.05) is 12.1 Å². The lowest BCUT2D eigenvalue weighted by atomic mass is 10.1. The van der Waals surface area contributed by atoms with E-state index in [1.165, 1.54) is 23.7 Å². The topological polar surface area (TPSA) is 90.3 Å². The zero-order valence-electron chi connectivity index (χ0n) is 10.3. The molecule has 2 aromatic rings. The SMILES string of the molecule is COc1ccc2c(C)ncnc2c1N(N)/C=C\N. The number of fused-ring (bicyclic) bond motifs is 1. The van der Waals surface area contributed by atoms with Crippen LogP contribution in [0.2, 0.25) is 0 Å². The second-order valence-electron chi connectivity index (χ2n) is 3.72. The lowest BCUT2D eigenvalue weighted by Gasteiger charge is -2.18. The van der Waals surface area contributed by atoms with E-state index in [-0.39, 0.29) is 0 Å². The van der Waals surface area contributed by atoms with E-state index in [1.807, 2.05) is 19.1 Å². The van der Waals surface area contributed by atoms with Gasteiger partial charge >= 0.3 is 0 Å². The average molecular weight is 245 g/mol. The van der Waals surface area contributed by atoms with Crippen molar-refractivity contribution >= 4 is 16.6 Å². The molecule has 94 valence electrons. The van der Waals surface area contributed by atoms with Crippen LogP contribution in [0.1, 0.15) is 5.69 Å². The van der Waals surface area contributed by atoms with Gasteiger partial charge in [0, 0.05) is 23.5 Å². The Morgan fingerprint density at radius 3 is 2.78 bits per heavy atom. The first-order valence-corrected chi connectivity index (χ1v) is 5.39. The smallest absolute Gasteiger partial charge is 0.146 e. The third kappa shape index (κ3) is 1.93. The second-order valence-corrected chi connectivity index (χ2v) is 3.72. The van der Waals surface area contributed by atoms with Crippen molar-refractivity contribution in [3.05, 3.63) is 36.6 Å². The second kappa shape index (κ2) is 4.89. The zero-order valence-corrected chi connectivity index (χ0v) is 10.3. The Kier molecular flexibility index (Phi) is 3.29. The van der Waals surface area contributed by atoms with Crippen molar-refractivity contribution in [3.8, 4) is 5.75 Å². The van der Waals surface area contributed by atoms with Crippen LogP contribution in [0.15, 0.2) is 30.9 Å². The maximum absolute atomic E-state index is 5.92. The molecule has 0 amide bonds. The van der Waals surface area contributed by atoms with Crippen LogP contribution in [0.25, 0.3) is 10.9 Å². The fourth-order valence-electron chi connectivity index (χ4n) is 1.81. The highest BCUT2D eigenvalue weighted by Gasteiger charge is 2.14. The van der Waals surface area contributed by atoms with Crippen molar-refractivity contribution in [2.24, 2.45) is 11.6 Å². The van der Waals surface area contributed by atoms with Crippen LogP contribution in [0.3, 0.4) is 0 Å². The van der Waals surface area contributed by atoms with E-state index in [0.29, 0.717) is 11.4 Å². The first kappa shape index (κ1) is 12.1. The minimum Gasteiger partial charge on any atom is -0.494 e. The number of hydrogen-bond donors (Lipinski definition) is 2. The molecule has 0 atom stereocenters. The Hall–Kier alpha value is -2.34. The van der Waals surface area contributed by atoms with Crippen LogP contribution in [0.5, 0.6) is 5.75 Å². The minimum atomic E-state index is 0.626. The minimum absolute atomic E-state index is 0.626. The van der Waals surface area contributed by atoms with Gasteiger partial charge in [-0.05, 0) is 19.1 Å². The molecule has 6 heteroatoms. The predicted octanol–water partition coefficient (Wildman–Crippen LogP) is 1.06. The van der Waals surface area contributed by atoms with Gasteiger partial charge in [0.1, 0.15) is 23.3 Å². The zero-order chi connectivity index (χ0) is 13.1. The monoisotopic (exact) mass is 245 g/mol. The van der Waals surface area contributed by atoms with Gasteiger partial charge in [-0.1, -0.05) is 0 Å². The van der Waals surface area contributed by atoms with Gasteiger partial charge in [-0.2, -0.15) is 0 Å². The number of hydrazine groups is 1. The molecule has 0 bridgehead atoms. The first-order chi connectivity index (χ1) is 8.69. The Bertz CT molecular complexity index is 596. The van der Waals surface area contributed by atoms with Crippen molar-refractivity contribution < 1.29 is 4.74 Å². The summed E-state index contributed by atoms with van der Waals surface area (Å²) >= 11 is 0. The standard InChI is InChI=1S/C12H15N5O/c1-8-9-3-4-10(18-2)12(17(14)6-5-13)11(9)16-7-15-8/h3-7H,13-14H2,1-2H3/b6-5-. The van der Waals surface area contributed by atoms with Crippen molar-refractivity contribution in [2.45, 2.75) is 6.92 Å². The number of hydrogen-bond acceptors (Lipinski definition) is 6. The van der Waals surface area contributed by atoms with Gasteiger partial charge in [-0.15, -0.1) is 0 Å². The summed E-state index contributed by atoms with van der Waals surface area (Å²) < 4.78 is 5.30. The summed E-state index contributed by atoms with van der Waals surface area (Å²) in [4.78, 5) is 8.42. The van der Waals surface area contributed by atoms with Crippen LogP contribution in [0.4, 0.5) is 5.69 Å². The molecular weight excluding hydrogens is 230 g/mol. The van der Waals surface area contributed by atoms with Crippen LogP contribution in [-0.4, -0.2) is 17.1 Å². The Labute approximate surface area is 105 Å². The molecule has 4 N–H and O–H groups in total. The molecule has 0 unspecified atom stereocenters. The highest BCUT2D eigenvalue weighted by molar-refractivity contribution is 5.95. The molecule has 0 aliphatic rings. The molecule has 1 aromatic heterocycles. The third-order valence-corrected chi connectivity index (χ3v) is 2.67. The van der Waals surface area contributed by atoms with E-state index in [1.54, 1.807) is 7.11 Å². The van der Waals surface area contributed by atoms with Gasteiger partial charge in [0.15, 0.2) is 0 Å². The summed E-state index contributed by atoms with van der Waals surface area (Å²) in [5.74, 6) is 6.55. The number of nitrogens with zero attached hydrogens (tertiary/aromatic N) is 3. The number of aryl methyl sites for hydroxylation is 1. The summed E-state index contributed by atoms with van der Waals surface area (Å²) in [5, 5.41) is 2.31. The number of methoxy groups -OCH3 is 1. The van der Waals surface area contributed by atoms with Gasteiger partial charge in [-0.3, -0.25) is 5.01 Å². The normalized spacial score (nSPS) is 11.1. The van der Waals surface area contributed by atoms with Crippen molar-refractivity contribution in [3.63, 3.8) is 0 Å². The van der Waals surface area contributed by atoms with Crippen molar-refractivity contribution in [1.29, 1.82) is 0 Å². The molecule has 0 fully saturated rings. The number of rotatable bonds is 3. The average Bonchev–Trinajstić information content (AvgIpc) is 2.38. The number of nitrogens with two attached hydrogens (primary N) is 2. The first-order valence-electron chi connectivity index (χ1n) is 5.39. The number of anilines is 1. The maximum Gasteiger partial charge on any atom is 0.146 e. The molecule has 0 saturated heterocycles. The lowest BCUT2D eigenvalue weighted by molar-refractivity contribution is 0.416.